The maximum atomic E-state index is 5.86. The quantitative estimate of drug-likeness (QED) is 0.760. The highest BCUT2D eigenvalue weighted by Gasteiger charge is 2.20. The van der Waals surface area contributed by atoms with Crippen LogP contribution < -0.4 is 14.8 Å². The van der Waals surface area contributed by atoms with E-state index >= 15 is 0 Å². The van der Waals surface area contributed by atoms with E-state index in [1.165, 1.54) is 4.63 Å². The van der Waals surface area contributed by atoms with Gasteiger partial charge >= 0.3 is 0 Å². The molecule has 1 unspecified atom stereocenters. The van der Waals surface area contributed by atoms with E-state index < -0.39 is 0 Å². The molecule has 1 aromatic carbocycles. The number of ether oxygens (including phenoxy) is 2. The van der Waals surface area contributed by atoms with E-state index in [0.29, 0.717) is 24.6 Å². The lowest BCUT2D eigenvalue weighted by Crippen LogP contribution is -2.35. The van der Waals surface area contributed by atoms with Gasteiger partial charge < -0.3 is 14.8 Å². The molecule has 106 valence electrons. The molecule has 1 aliphatic rings. The zero-order valence-corrected chi connectivity index (χ0v) is 11.0. The average molecular weight is 284 g/mol. The maximum absolute atomic E-state index is 5.86. The highest BCUT2D eigenvalue weighted by Crippen LogP contribution is 2.30. The highest BCUT2D eigenvalue weighted by atomic mass is 16.6. The Labute approximate surface area is 119 Å². The van der Waals surface area contributed by atoms with Crippen molar-refractivity contribution in [3.63, 3.8) is 0 Å². The Morgan fingerprint density at radius 2 is 2.10 bits per heavy atom. The van der Waals surface area contributed by atoms with Gasteiger partial charge in [0.15, 0.2) is 17.1 Å². The summed E-state index contributed by atoms with van der Waals surface area (Å²) in [6.45, 7) is 1.08. The molecule has 21 heavy (non-hydrogen) atoms. The lowest BCUT2D eigenvalue weighted by molar-refractivity contribution is 0.0997. The van der Waals surface area contributed by atoms with E-state index in [-0.39, 0.29) is 6.10 Å². The summed E-state index contributed by atoms with van der Waals surface area (Å²) in [5.74, 6) is 2.22. The van der Waals surface area contributed by atoms with E-state index in [2.05, 4.69) is 25.9 Å². The molecule has 0 saturated heterocycles. The molecule has 0 radical (unpaired) electrons. The van der Waals surface area contributed by atoms with Crippen LogP contribution in [0.1, 0.15) is 0 Å². The first-order chi connectivity index (χ1) is 10.4. The molecule has 0 bridgehead atoms. The van der Waals surface area contributed by atoms with Crippen LogP contribution in [0.4, 0.5) is 5.82 Å². The smallest absolute Gasteiger partial charge is 0.200 e. The molecule has 0 saturated carbocycles. The molecule has 2 aromatic heterocycles. The molecule has 4 rings (SSSR count). The molecule has 8 nitrogen and oxygen atoms in total. The molecule has 3 heterocycles. The monoisotopic (exact) mass is 284 g/mol. The number of tetrazole rings is 1. The Morgan fingerprint density at radius 1 is 1.19 bits per heavy atom. The van der Waals surface area contributed by atoms with Gasteiger partial charge in [0.05, 0.1) is 6.54 Å². The zero-order valence-electron chi connectivity index (χ0n) is 11.0. The van der Waals surface area contributed by atoms with Gasteiger partial charge in [0.25, 0.3) is 0 Å². The number of fused-ring (bicyclic) bond motifs is 2. The van der Waals surface area contributed by atoms with Crippen molar-refractivity contribution < 1.29 is 9.47 Å². The van der Waals surface area contributed by atoms with E-state index in [0.717, 1.165) is 11.5 Å². The number of para-hydroxylation sites is 2. The largest absolute Gasteiger partial charge is 0.486 e. The molecule has 3 aromatic rings. The number of hydrogen-bond donors (Lipinski definition) is 1. The third-order valence-electron chi connectivity index (χ3n) is 3.15. The van der Waals surface area contributed by atoms with Crippen LogP contribution in [-0.4, -0.2) is 44.5 Å². The van der Waals surface area contributed by atoms with Crippen molar-refractivity contribution >= 4 is 11.5 Å². The third kappa shape index (κ3) is 2.31. The Bertz CT molecular complexity index is 774. The van der Waals surface area contributed by atoms with Crippen LogP contribution in [0.2, 0.25) is 0 Å². The number of benzene rings is 1. The van der Waals surface area contributed by atoms with E-state index in [1.807, 2.05) is 30.3 Å². The van der Waals surface area contributed by atoms with Crippen LogP contribution in [0, 0.1) is 0 Å². The first-order valence-electron chi connectivity index (χ1n) is 6.56. The SMILES string of the molecule is c1ccc2c(c1)OCC(CNc1ccc3nnnn3n1)O2. The summed E-state index contributed by atoms with van der Waals surface area (Å²) in [7, 11) is 0. The fraction of sp³-hybridized carbons (Fsp3) is 0.231. The molecule has 1 atom stereocenters. The normalized spacial score (nSPS) is 16.9. The first kappa shape index (κ1) is 11.9. The van der Waals surface area contributed by atoms with Gasteiger partial charge in [-0.05, 0) is 34.7 Å². The van der Waals surface area contributed by atoms with Crippen molar-refractivity contribution in [2.75, 3.05) is 18.5 Å². The van der Waals surface area contributed by atoms with Gasteiger partial charge in [0, 0.05) is 0 Å². The van der Waals surface area contributed by atoms with Crippen molar-refractivity contribution in [3.8, 4) is 11.5 Å². The summed E-state index contributed by atoms with van der Waals surface area (Å²) >= 11 is 0. The lowest BCUT2D eigenvalue weighted by Gasteiger charge is -2.26. The third-order valence-corrected chi connectivity index (χ3v) is 3.15. The predicted molar refractivity (Wildman–Crippen MR) is 73.4 cm³/mol. The van der Waals surface area contributed by atoms with Gasteiger partial charge in [-0.3, -0.25) is 0 Å². The number of aromatic nitrogens is 5. The van der Waals surface area contributed by atoms with Crippen LogP contribution in [0.25, 0.3) is 5.65 Å². The van der Waals surface area contributed by atoms with Gasteiger partial charge in [-0.15, -0.1) is 14.8 Å². The number of nitrogens with zero attached hydrogens (tertiary/aromatic N) is 5. The van der Waals surface area contributed by atoms with Crippen molar-refractivity contribution in [1.82, 2.24) is 25.3 Å². The second-order valence-electron chi connectivity index (χ2n) is 4.62. The van der Waals surface area contributed by atoms with Gasteiger partial charge in [0.2, 0.25) is 0 Å². The van der Waals surface area contributed by atoms with Crippen molar-refractivity contribution in [1.29, 1.82) is 0 Å². The van der Waals surface area contributed by atoms with Crippen LogP contribution >= 0.6 is 0 Å². The summed E-state index contributed by atoms with van der Waals surface area (Å²) in [5.41, 5.74) is 0.603. The standard InChI is InChI=1S/C13H12N6O2/c1-2-4-11-10(3-1)20-8-9(21-11)7-14-12-5-6-13-15-17-18-19(13)16-12/h1-6,9H,7-8H2,(H,14,16). The minimum absolute atomic E-state index is 0.0775. The average Bonchev–Trinajstić information content (AvgIpc) is 3.00. The van der Waals surface area contributed by atoms with E-state index in [4.69, 9.17) is 9.47 Å². The van der Waals surface area contributed by atoms with Crippen LogP contribution in [0.3, 0.4) is 0 Å². The Morgan fingerprint density at radius 3 is 3.05 bits per heavy atom. The molecular formula is C13H12N6O2. The van der Waals surface area contributed by atoms with Gasteiger partial charge in [-0.2, -0.15) is 0 Å². The topological polar surface area (TPSA) is 86.5 Å². The highest BCUT2D eigenvalue weighted by molar-refractivity contribution is 5.43. The molecule has 0 spiro atoms. The minimum atomic E-state index is -0.0775. The Hall–Kier alpha value is -2.90. The van der Waals surface area contributed by atoms with Crippen LogP contribution in [0.5, 0.6) is 11.5 Å². The van der Waals surface area contributed by atoms with Gasteiger partial charge in [-0.25, -0.2) is 0 Å². The zero-order chi connectivity index (χ0) is 14.1. The van der Waals surface area contributed by atoms with Crippen molar-refractivity contribution in [3.05, 3.63) is 36.4 Å². The second-order valence-corrected chi connectivity index (χ2v) is 4.62. The lowest BCUT2D eigenvalue weighted by atomic mass is 10.2. The van der Waals surface area contributed by atoms with E-state index in [1.54, 1.807) is 6.07 Å². The molecular weight excluding hydrogens is 272 g/mol. The predicted octanol–water partition coefficient (Wildman–Crippen LogP) is 0.771. The number of nitrogens with one attached hydrogen (secondary N) is 1. The summed E-state index contributed by atoms with van der Waals surface area (Å²) < 4.78 is 12.9. The Kier molecular flexibility index (Phi) is 2.77. The summed E-state index contributed by atoms with van der Waals surface area (Å²) in [6, 6.07) is 11.3. The number of rotatable bonds is 3. The fourth-order valence-corrected chi connectivity index (χ4v) is 2.13. The fourth-order valence-electron chi connectivity index (χ4n) is 2.13. The Balaban J connectivity index is 1.43. The van der Waals surface area contributed by atoms with Crippen molar-refractivity contribution in [2.24, 2.45) is 0 Å². The molecule has 1 N–H and O–H groups in total. The second kappa shape index (κ2) is 4.89. The van der Waals surface area contributed by atoms with Gasteiger partial charge in [-0.1, -0.05) is 12.1 Å². The first-order valence-corrected chi connectivity index (χ1v) is 6.56. The van der Waals surface area contributed by atoms with Gasteiger partial charge in [0.1, 0.15) is 18.5 Å². The molecule has 8 heteroatoms. The summed E-state index contributed by atoms with van der Waals surface area (Å²) in [6.07, 6.45) is -0.0775. The van der Waals surface area contributed by atoms with Crippen LogP contribution in [-0.2, 0) is 0 Å². The maximum Gasteiger partial charge on any atom is 0.200 e. The number of hydrogen-bond acceptors (Lipinski definition) is 7. The van der Waals surface area contributed by atoms with E-state index in [9.17, 15) is 0 Å². The minimum Gasteiger partial charge on any atom is -0.486 e. The molecule has 0 fully saturated rings. The molecule has 1 aliphatic heterocycles. The van der Waals surface area contributed by atoms with Crippen LogP contribution in [0.15, 0.2) is 36.4 Å². The molecule has 0 amide bonds. The van der Waals surface area contributed by atoms with Crippen molar-refractivity contribution in [2.45, 2.75) is 6.10 Å². The number of anilines is 1. The summed E-state index contributed by atoms with van der Waals surface area (Å²) in [5, 5.41) is 18.5. The molecule has 0 aliphatic carbocycles. The summed E-state index contributed by atoms with van der Waals surface area (Å²) in [4.78, 5) is 0.